The standard InChI is InChI=1S/C17H36N2/c1-7-15(6)16-12-19(10-8-9-13(2)3)17(11-18-16)14(4)5/h13-18H,7-12H2,1-6H3. The number of hydrogen-bond acceptors (Lipinski definition) is 2. The third-order valence-electron chi connectivity index (χ3n) is 4.82. The van der Waals surface area contributed by atoms with E-state index in [9.17, 15) is 0 Å². The fourth-order valence-corrected chi connectivity index (χ4v) is 3.14. The van der Waals surface area contributed by atoms with E-state index in [2.05, 4.69) is 51.8 Å². The molecule has 0 radical (unpaired) electrons. The minimum absolute atomic E-state index is 0.694. The van der Waals surface area contributed by atoms with Crippen molar-refractivity contribution in [3.8, 4) is 0 Å². The topological polar surface area (TPSA) is 15.3 Å². The molecule has 0 amide bonds. The second-order valence-electron chi connectivity index (χ2n) is 7.24. The molecule has 19 heavy (non-hydrogen) atoms. The second kappa shape index (κ2) is 8.26. The summed E-state index contributed by atoms with van der Waals surface area (Å²) in [6, 6.07) is 1.42. The highest BCUT2D eigenvalue weighted by Gasteiger charge is 2.31. The van der Waals surface area contributed by atoms with Crippen molar-refractivity contribution < 1.29 is 0 Å². The van der Waals surface area contributed by atoms with Gasteiger partial charge in [-0.05, 0) is 37.1 Å². The van der Waals surface area contributed by atoms with Gasteiger partial charge in [-0.3, -0.25) is 4.90 Å². The van der Waals surface area contributed by atoms with Crippen molar-refractivity contribution in [2.75, 3.05) is 19.6 Å². The predicted octanol–water partition coefficient (Wildman–Crippen LogP) is 3.77. The van der Waals surface area contributed by atoms with E-state index in [1.807, 2.05) is 0 Å². The summed E-state index contributed by atoms with van der Waals surface area (Å²) in [4.78, 5) is 2.76. The zero-order valence-corrected chi connectivity index (χ0v) is 14.1. The smallest absolute Gasteiger partial charge is 0.0244 e. The molecule has 1 saturated heterocycles. The summed E-state index contributed by atoms with van der Waals surface area (Å²) in [6.45, 7) is 17.8. The van der Waals surface area contributed by atoms with E-state index in [0.29, 0.717) is 6.04 Å². The molecular formula is C17H36N2. The summed E-state index contributed by atoms with van der Waals surface area (Å²) in [5, 5.41) is 3.79. The van der Waals surface area contributed by atoms with Gasteiger partial charge in [0.1, 0.15) is 0 Å². The largest absolute Gasteiger partial charge is 0.311 e. The van der Waals surface area contributed by atoms with Crippen molar-refractivity contribution in [1.82, 2.24) is 10.2 Å². The molecule has 1 heterocycles. The molecule has 2 heteroatoms. The van der Waals surface area contributed by atoms with Crippen LogP contribution >= 0.6 is 0 Å². The Morgan fingerprint density at radius 3 is 2.37 bits per heavy atom. The maximum atomic E-state index is 3.79. The van der Waals surface area contributed by atoms with Gasteiger partial charge in [-0.1, -0.05) is 48.0 Å². The van der Waals surface area contributed by atoms with E-state index in [1.54, 1.807) is 0 Å². The van der Waals surface area contributed by atoms with Crippen LogP contribution in [-0.2, 0) is 0 Å². The van der Waals surface area contributed by atoms with Crippen LogP contribution in [0.3, 0.4) is 0 Å². The van der Waals surface area contributed by atoms with Crippen LogP contribution in [0.15, 0.2) is 0 Å². The number of piperazine rings is 1. The lowest BCUT2D eigenvalue weighted by Crippen LogP contribution is -2.60. The Morgan fingerprint density at radius 1 is 1.16 bits per heavy atom. The summed E-state index contributed by atoms with van der Waals surface area (Å²) in [7, 11) is 0. The van der Waals surface area contributed by atoms with Crippen LogP contribution in [-0.4, -0.2) is 36.6 Å². The van der Waals surface area contributed by atoms with Crippen LogP contribution in [0.5, 0.6) is 0 Å². The van der Waals surface area contributed by atoms with Gasteiger partial charge in [0.05, 0.1) is 0 Å². The average Bonchev–Trinajstić information content (AvgIpc) is 2.37. The highest BCUT2D eigenvalue weighted by Crippen LogP contribution is 2.20. The zero-order chi connectivity index (χ0) is 14.4. The molecule has 2 nitrogen and oxygen atoms in total. The van der Waals surface area contributed by atoms with E-state index in [0.717, 1.165) is 23.8 Å². The third-order valence-corrected chi connectivity index (χ3v) is 4.82. The van der Waals surface area contributed by atoms with Crippen molar-refractivity contribution in [1.29, 1.82) is 0 Å². The summed E-state index contributed by atoms with van der Waals surface area (Å²) >= 11 is 0. The maximum absolute atomic E-state index is 3.79. The van der Waals surface area contributed by atoms with Crippen molar-refractivity contribution in [2.45, 2.75) is 72.9 Å². The van der Waals surface area contributed by atoms with Gasteiger partial charge in [0.25, 0.3) is 0 Å². The normalized spacial score (nSPS) is 27.2. The molecule has 1 N–H and O–H groups in total. The third kappa shape index (κ3) is 5.43. The van der Waals surface area contributed by atoms with Crippen molar-refractivity contribution in [3.63, 3.8) is 0 Å². The predicted molar refractivity (Wildman–Crippen MR) is 85.5 cm³/mol. The lowest BCUT2D eigenvalue weighted by Gasteiger charge is -2.44. The molecule has 0 aromatic heterocycles. The van der Waals surface area contributed by atoms with Gasteiger partial charge in [-0.15, -0.1) is 0 Å². The van der Waals surface area contributed by atoms with Gasteiger partial charge < -0.3 is 5.32 Å². The molecule has 0 aromatic rings. The highest BCUT2D eigenvalue weighted by atomic mass is 15.2. The SMILES string of the molecule is CCC(C)C1CN(CCCC(C)C)C(C(C)C)CN1. The molecule has 0 aromatic carbocycles. The number of hydrogen-bond donors (Lipinski definition) is 1. The summed E-state index contributed by atoms with van der Waals surface area (Å²) in [5.74, 6) is 2.39. The van der Waals surface area contributed by atoms with E-state index in [1.165, 1.54) is 38.9 Å². The molecule has 114 valence electrons. The lowest BCUT2D eigenvalue weighted by molar-refractivity contribution is 0.0795. The van der Waals surface area contributed by atoms with Gasteiger partial charge in [0.15, 0.2) is 0 Å². The minimum atomic E-state index is 0.694. The first kappa shape index (κ1) is 17.0. The highest BCUT2D eigenvalue weighted by molar-refractivity contribution is 4.89. The molecule has 1 aliphatic heterocycles. The Labute approximate surface area is 121 Å². The lowest BCUT2D eigenvalue weighted by atomic mass is 9.91. The van der Waals surface area contributed by atoms with Gasteiger partial charge in [-0.2, -0.15) is 0 Å². The summed E-state index contributed by atoms with van der Waals surface area (Å²) < 4.78 is 0. The van der Waals surface area contributed by atoms with Crippen molar-refractivity contribution in [3.05, 3.63) is 0 Å². The minimum Gasteiger partial charge on any atom is -0.311 e. The molecule has 0 spiro atoms. The molecule has 0 bridgehead atoms. The maximum Gasteiger partial charge on any atom is 0.0244 e. The van der Waals surface area contributed by atoms with Gasteiger partial charge in [0, 0.05) is 25.2 Å². The molecule has 1 rings (SSSR count). The van der Waals surface area contributed by atoms with E-state index >= 15 is 0 Å². The molecule has 1 fully saturated rings. The molecular weight excluding hydrogens is 232 g/mol. The first-order valence-electron chi connectivity index (χ1n) is 8.43. The number of nitrogens with zero attached hydrogens (tertiary/aromatic N) is 1. The molecule has 1 aliphatic rings. The summed E-state index contributed by atoms with van der Waals surface area (Å²) in [6.07, 6.45) is 4.00. The zero-order valence-electron chi connectivity index (χ0n) is 14.1. The Balaban J connectivity index is 2.52. The Bertz CT molecular complexity index is 237. The van der Waals surface area contributed by atoms with Crippen LogP contribution in [0.25, 0.3) is 0 Å². The molecule has 0 saturated carbocycles. The number of nitrogens with one attached hydrogen (secondary N) is 1. The monoisotopic (exact) mass is 268 g/mol. The quantitative estimate of drug-likeness (QED) is 0.756. The van der Waals surface area contributed by atoms with Crippen LogP contribution < -0.4 is 5.32 Å². The number of rotatable bonds is 7. The fraction of sp³-hybridized carbons (Fsp3) is 1.00. The van der Waals surface area contributed by atoms with Crippen LogP contribution in [0.4, 0.5) is 0 Å². The van der Waals surface area contributed by atoms with Gasteiger partial charge in [0.2, 0.25) is 0 Å². The molecule has 3 atom stereocenters. The van der Waals surface area contributed by atoms with Crippen LogP contribution in [0.2, 0.25) is 0 Å². The molecule has 0 aliphatic carbocycles. The Kier molecular flexibility index (Phi) is 7.38. The van der Waals surface area contributed by atoms with Crippen LogP contribution in [0.1, 0.15) is 60.8 Å². The summed E-state index contributed by atoms with van der Waals surface area (Å²) in [5.41, 5.74) is 0. The first-order chi connectivity index (χ1) is 8.95. The molecule has 3 unspecified atom stereocenters. The van der Waals surface area contributed by atoms with Gasteiger partial charge >= 0.3 is 0 Å². The van der Waals surface area contributed by atoms with Gasteiger partial charge in [-0.25, -0.2) is 0 Å². The Hall–Kier alpha value is -0.0800. The van der Waals surface area contributed by atoms with Crippen LogP contribution in [0, 0.1) is 17.8 Å². The Morgan fingerprint density at radius 2 is 1.84 bits per heavy atom. The van der Waals surface area contributed by atoms with E-state index in [4.69, 9.17) is 0 Å². The van der Waals surface area contributed by atoms with Crippen molar-refractivity contribution >= 4 is 0 Å². The fourth-order valence-electron chi connectivity index (χ4n) is 3.14. The first-order valence-corrected chi connectivity index (χ1v) is 8.43. The van der Waals surface area contributed by atoms with E-state index < -0.39 is 0 Å². The van der Waals surface area contributed by atoms with E-state index in [-0.39, 0.29) is 0 Å². The second-order valence-corrected chi connectivity index (χ2v) is 7.24. The van der Waals surface area contributed by atoms with Crippen molar-refractivity contribution in [2.24, 2.45) is 17.8 Å². The average molecular weight is 268 g/mol.